The third-order valence-corrected chi connectivity index (χ3v) is 5.26. The van der Waals surface area contributed by atoms with E-state index in [-0.39, 0.29) is 10.7 Å². The summed E-state index contributed by atoms with van der Waals surface area (Å²) in [6.45, 7) is 6.75. The fourth-order valence-electron chi connectivity index (χ4n) is 2.15. The van der Waals surface area contributed by atoms with Crippen molar-refractivity contribution in [2.75, 3.05) is 0 Å². The zero-order valence-corrected chi connectivity index (χ0v) is 12.9. The predicted molar refractivity (Wildman–Crippen MR) is 75.1 cm³/mol. The molecule has 0 amide bonds. The molecular weight excluding hydrogens is 282 g/mol. The van der Waals surface area contributed by atoms with Crippen molar-refractivity contribution in [2.24, 2.45) is 10.9 Å². The van der Waals surface area contributed by atoms with Gasteiger partial charge in [-0.2, -0.15) is 9.82 Å². The van der Waals surface area contributed by atoms with E-state index in [4.69, 9.17) is 10.9 Å². The number of aryl methyl sites for hydroxylation is 2. The Balaban J connectivity index is 3.31. The standard InChI is InChI=1S/C11H21N5O3S/c1-5-11(6-2,10(12)15-17)16-20(18,19)9-7(3)13-14-8(9)4/h16-17H,5-6H2,1-4H3,(H2,12,15)(H,13,14). The van der Waals surface area contributed by atoms with Gasteiger partial charge in [0, 0.05) is 0 Å². The molecule has 5 N–H and O–H groups in total. The van der Waals surface area contributed by atoms with Crippen molar-refractivity contribution in [3.8, 4) is 0 Å². The third-order valence-electron chi connectivity index (χ3n) is 3.46. The second-order valence-electron chi connectivity index (χ2n) is 4.64. The van der Waals surface area contributed by atoms with Gasteiger partial charge in [-0.25, -0.2) is 8.42 Å². The number of hydrogen-bond acceptors (Lipinski definition) is 5. The molecule has 0 bridgehead atoms. The molecule has 0 radical (unpaired) electrons. The minimum atomic E-state index is -3.83. The Morgan fingerprint density at radius 3 is 2.35 bits per heavy atom. The van der Waals surface area contributed by atoms with E-state index in [9.17, 15) is 8.42 Å². The molecule has 0 saturated carbocycles. The number of aromatic nitrogens is 2. The number of nitrogens with two attached hydrogens (primary N) is 1. The summed E-state index contributed by atoms with van der Waals surface area (Å²) < 4.78 is 27.6. The summed E-state index contributed by atoms with van der Waals surface area (Å²) in [4.78, 5) is 0.0921. The number of nitrogens with one attached hydrogen (secondary N) is 2. The summed E-state index contributed by atoms with van der Waals surface area (Å²) in [7, 11) is -3.83. The van der Waals surface area contributed by atoms with E-state index in [0.717, 1.165) is 0 Å². The van der Waals surface area contributed by atoms with Crippen molar-refractivity contribution in [3.63, 3.8) is 0 Å². The molecule has 1 heterocycles. The molecule has 8 nitrogen and oxygen atoms in total. The van der Waals surface area contributed by atoms with E-state index in [1.165, 1.54) is 0 Å². The number of hydrogen-bond donors (Lipinski definition) is 4. The lowest BCUT2D eigenvalue weighted by Crippen LogP contribution is -2.56. The van der Waals surface area contributed by atoms with Crippen molar-refractivity contribution in [1.29, 1.82) is 0 Å². The van der Waals surface area contributed by atoms with Crippen LogP contribution in [0.15, 0.2) is 10.1 Å². The fraction of sp³-hybridized carbons (Fsp3) is 0.636. The van der Waals surface area contributed by atoms with Gasteiger partial charge in [0.2, 0.25) is 10.0 Å². The third kappa shape index (κ3) is 2.78. The molecule has 0 aliphatic rings. The van der Waals surface area contributed by atoms with Gasteiger partial charge in [0.05, 0.1) is 16.9 Å². The van der Waals surface area contributed by atoms with Gasteiger partial charge in [-0.1, -0.05) is 19.0 Å². The predicted octanol–water partition coefficient (Wildman–Crippen LogP) is 0.610. The molecule has 114 valence electrons. The summed E-state index contributed by atoms with van der Waals surface area (Å²) in [5, 5.41) is 18.3. The van der Waals surface area contributed by atoms with Crippen LogP contribution in [0, 0.1) is 13.8 Å². The second-order valence-corrected chi connectivity index (χ2v) is 6.26. The summed E-state index contributed by atoms with van der Waals surface area (Å²) in [6.07, 6.45) is 0.711. The van der Waals surface area contributed by atoms with Crippen LogP contribution in [0.5, 0.6) is 0 Å². The lowest BCUT2D eigenvalue weighted by atomic mass is 9.93. The van der Waals surface area contributed by atoms with Crippen LogP contribution >= 0.6 is 0 Å². The van der Waals surface area contributed by atoms with E-state index < -0.39 is 15.6 Å². The Labute approximate surface area is 118 Å². The van der Waals surface area contributed by atoms with E-state index in [0.29, 0.717) is 24.2 Å². The number of aromatic amines is 1. The highest BCUT2D eigenvalue weighted by atomic mass is 32.2. The van der Waals surface area contributed by atoms with Crippen LogP contribution in [0.25, 0.3) is 0 Å². The fourth-order valence-corrected chi connectivity index (χ4v) is 4.04. The molecular formula is C11H21N5O3S. The van der Waals surface area contributed by atoms with Crippen molar-refractivity contribution in [1.82, 2.24) is 14.9 Å². The number of H-pyrrole nitrogens is 1. The highest BCUT2D eigenvalue weighted by molar-refractivity contribution is 7.89. The molecule has 1 aromatic heterocycles. The second kappa shape index (κ2) is 5.80. The van der Waals surface area contributed by atoms with Crippen LogP contribution in [0.1, 0.15) is 38.1 Å². The van der Waals surface area contributed by atoms with Crippen LogP contribution in [0.4, 0.5) is 0 Å². The van der Waals surface area contributed by atoms with Crippen molar-refractivity contribution < 1.29 is 13.6 Å². The number of nitrogens with zero attached hydrogens (tertiary/aromatic N) is 2. The van der Waals surface area contributed by atoms with Gasteiger partial charge in [-0.05, 0) is 26.7 Å². The molecule has 1 aromatic rings. The first-order chi connectivity index (χ1) is 9.24. The first-order valence-corrected chi connectivity index (χ1v) is 7.76. The molecule has 20 heavy (non-hydrogen) atoms. The number of rotatable bonds is 6. The van der Waals surface area contributed by atoms with Crippen molar-refractivity contribution >= 4 is 15.9 Å². The molecule has 0 saturated heterocycles. The Bertz CT molecular complexity index is 582. The lowest BCUT2D eigenvalue weighted by Gasteiger charge is -2.30. The summed E-state index contributed by atoms with van der Waals surface area (Å²) in [5.41, 5.74) is 5.35. The Hall–Kier alpha value is -1.61. The zero-order chi connectivity index (χ0) is 15.6. The monoisotopic (exact) mass is 303 g/mol. The number of sulfonamides is 1. The van der Waals surface area contributed by atoms with Gasteiger partial charge in [-0.3, -0.25) is 5.10 Å². The largest absolute Gasteiger partial charge is 0.409 e. The molecule has 0 fully saturated rings. The minimum Gasteiger partial charge on any atom is -0.409 e. The maximum absolute atomic E-state index is 12.5. The van der Waals surface area contributed by atoms with Crippen LogP contribution in [-0.4, -0.2) is 35.2 Å². The first-order valence-electron chi connectivity index (χ1n) is 6.27. The van der Waals surface area contributed by atoms with Crippen LogP contribution in [0.3, 0.4) is 0 Å². The average molecular weight is 303 g/mol. The maximum atomic E-state index is 12.5. The number of amidine groups is 1. The van der Waals surface area contributed by atoms with Gasteiger partial charge in [-0.15, -0.1) is 0 Å². The van der Waals surface area contributed by atoms with Crippen LogP contribution in [0.2, 0.25) is 0 Å². The van der Waals surface area contributed by atoms with Crippen molar-refractivity contribution in [2.45, 2.75) is 51.0 Å². The van der Waals surface area contributed by atoms with Gasteiger partial charge in [0.25, 0.3) is 0 Å². The molecule has 9 heteroatoms. The quantitative estimate of drug-likeness (QED) is 0.264. The molecule has 0 atom stereocenters. The van der Waals surface area contributed by atoms with E-state index in [1.54, 1.807) is 27.7 Å². The minimum absolute atomic E-state index is 0.0921. The lowest BCUT2D eigenvalue weighted by molar-refractivity contribution is 0.307. The molecule has 0 spiro atoms. The van der Waals surface area contributed by atoms with Gasteiger partial charge < -0.3 is 10.9 Å². The van der Waals surface area contributed by atoms with E-state index >= 15 is 0 Å². The van der Waals surface area contributed by atoms with Gasteiger partial charge >= 0.3 is 0 Å². The molecule has 0 aromatic carbocycles. The molecule has 1 rings (SSSR count). The summed E-state index contributed by atoms with van der Waals surface area (Å²) in [6, 6.07) is 0. The first kappa shape index (κ1) is 16.4. The Morgan fingerprint density at radius 2 is 2.00 bits per heavy atom. The van der Waals surface area contributed by atoms with Crippen molar-refractivity contribution in [3.05, 3.63) is 11.4 Å². The topological polar surface area (TPSA) is 133 Å². The smallest absolute Gasteiger partial charge is 0.245 e. The highest BCUT2D eigenvalue weighted by Gasteiger charge is 2.38. The normalized spacial score (nSPS) is 13.7. The molecule has 0 aliphatic carbocycles. The number of oxime groups is 1. The van der Waals surface area contributed by atoms with Gasteiger partial charge in [0.15, 0.2) is 5.84 Å². The maximum Gasteiger partial charge on any atom is 0.245 e. The molecule has 0 unspecified atom stereocenters. The Morgan fingerprint density at radius 1 is 1.45 bits per heavy atom. The molecule has 0 aliphatic heterocycles. The van der Waals surface area contributed by atoms with E-state index in [2.05, 4.69) is 20.1 Å². The Kier molecular flexibility index (Phi) is 4.77. The summed E-state index contributed by atoms with van der Waals surface area (Å²) in [5.74, 6) is -0.162. The highest BCUT2D eigenvalue weighted by Crippen LogP contribution is 2.23. The average Bonchev–Trinajstić information content (AvgIpc) is 2.75. The summed E-state index contributed by atoms with van der Waals surface area (Å²) >= 11 is 0. The van der Waals surface area contributed by atoms with Gasteiger partial charge in [0.1, 0.15) is 4.90 Å². The zero-order valence-electron chi connectivity index (χ0n) is 12.1. The van der Waals surface area contributed by atoms with Crippen LogP contribution in [-0.2, 0) is 10.0 Å². The van der Waals surface area contributed by atoms with E-state index in [1.807, 2.05) is 0 Å². The SMILES string of the molecule is CCC(CC)(NS(=O)(=O)c1c(C)n[nH]c1C)/C(N)=N/O. The van der Waals surface area contributed by atoms with Crippen LogP contribution < -0.4 is 10.5 Å².